The van der Waals surface area contributed by atoms with E-state index in [4.69, 9.17) is 10.5 Å². The highest BCUT2D eigenvalue weighted by molar-refractivity contribution is 7.92. The van der Waals surface area contributed by atoms with Gasteiger partial charge in [0.25, 0.3) is 15.9 Å². The first-order valence-corrected chi connectivity index (χ1v) is 10.9. The number of primary amides is 1. The molecular weight excluding hydrogens is 416 g/mol. The average molecular weight is 439 g/mol. The van der Waals surface area contributed by atoms with Crippen LogP contribution in [0, 0.1) is 0 Å². The molecule has 0 spiro atoms. The van der Waals surface area contributed by atoms with Crippen molar-refractivity contribution in [1.29, 1.82) is 0 Å². The van der Waals surface area contributed by atoms with Crippen molar-refractivity contribution in [3.8, 4) is 0 Å². The molecule has 7 nitrogen and oxygen atoms in total. The van der Waals surface area contributed by atoms with Crippen molar-refractivity contribution in [2.75, 3.05) is 4.31 Å². The summed E-state index contributed by atoms with van der Waals surface area (Å²) in [5, 5.41) is 0. The third kappa shape index (κ3) is 5.29. The van der Waals surface area contributed by atoms with Crippen molar-refractivity contribution in [1.82, 2.24) is 0 Å². The molecule has 3 aromatic carbocycles. The van der Waals surface area contributed by atoms with Gasteiger partial charge in [0.05, 0.1) is 22.7 Å². The van der Waals surface area contributed by atoms with Gasteiger partial charge in [-0.2, -0.15) is 0 Å². The standard InChI is InChI=1S/C23H22N2O5S/c1-17(22(24)26)30-23(27)19-11-8-14-21(15-19)31(28,29)25(20-12-6-3-7-13-20)16-18-9-4-2-5-10-18/h2-15,17H,16H2,1H3,(H2,24,26)/t17-/m1/s1. The minimum Gasteiger partial charge on any atom is -0.449 e. The SMILES string of the molecule is C[C@@H](OC(=O)c1cccc(S(=O)(=O)N(Cc2ccccc2)c2ccccc2)c1)C(N)=O. The summed E-state index contributed by atoms with van der Waals surface area (Å²) < 4.78 is 33.3. The maximum Gasteiger partial charge on any atom is 0.338 e. The first kappa shape index (κ1) is 22.0. The molecule has 1 amide bonds. The molecule has 3 rings (SSSR count). The van der Waals surface area contributed by atoms with Crippen LogP contribution in [0.3, 0.4) is 0 Å². The number of para-hydroxylation sites is 1. The fraction of sp³-hybridized carbons (Fsp3) is 0.130. The summed E-state index contributed by atoms with van der Waals surface area (Å²) in [4.78, 5) is 23.4. The Bertz CT molecular complexity index is 1160. The molecule has 0 bridgehead atoms. The Balaban J connectivity index is 1.98. The zero-order chi connectivity index (χ0) is 22.4. The number of nitrogens with two attached hydrogens (primary N) is 1. The minimum absolute atomic E-state index is 0.00176. The zero-order valence-corrected chi connectivity index (χ0v) is 17.7. The number of esters is 1. The summed E-state index contributed by atoms with van der Waals surface area (Å²) >= 11 is 0. The maximum absolute atomic E-state index is 13.5. The van der Waals surface area contributed by atoms with Crippen LogP contribution in [0.25, 0.3) is 0 Å². The van der Waals surface area contributed by atoms with Crippen molar-refractivity contribution < 1.29 is 22.7 Å². The molecule has 0 saturated heterocycles. The van der Waals surface area contributed by atoms with Crippen LogP contribution in [0.2, 0.25) is 0 Å². The van der Waals surface area contributed by atoms with Gasteiger partial charge in [0.1, 0.15) is 0 Å². The van der Waals surface area contributed by atoms with Crippen LogP contribution in [0.4, 0.5) is 5.69 Å². The van der Waals surface area contributed by atoms with Gasteiger partial charge in [-0.3, -0.25) is 9.10 Å². The van der Waals surface area contributed by atoms with Crippen molar-refractivity contribution in [3.63, 3.8) is 0 Å². The van der Waals surface area contributed by atoms with E-state index in [9.17, 15) is 18.0 Å². The van der Waals surface area contributed by atoms with Crippen LogP contribution >= 0.6 is 0 Å². The molecule has 3 aromatic rings. The fourth-order valence-electron chi connectivity index (χ4n) is 2.86. The van der Waals surface area contributed by atoms with E-state index in [0.717, 1.165) is 5.56 Å². The molecule has 0 unspecified atom stereocenters. The van der Waals surface area contributed by atoms with Gasteiger partial charge in [-0.05, 0) is 42.8 Å². The first-order valence-electron chi connectivity index (χ1n) is 9.51. The van der Waals surface area contributed by atoms with Crippen molar-refractivity contribution in [3.05, 3.63) is 96.1 Å². The van der Waals surface area contributed by atoms with Gasteiger partial charge in [0.2, 0.25) is 0 Å². The van der Waals surface area contributed by atoms with Gasteiger partial charge >= 0.3 is 5.97 Å². The van der Waals surface area contributed by atoms with Crippen LogP contribution in [-0.4, -0.2) is 26.4 Å². The Labute approximate surface area is 181 Å². The molecular formula is C23H22N2O5S. The lowest BCUT2D eigenvalue weighted by molar-refractivity contribution is -0.125. The summed E-state index contributed by atoms with van der Waals surface area (Å²) in [6.45, 7) is 1.46. The van der Waals surface area contributed by atoms with Gasteiger partial charge in [-0.15, -0.1) is 0 Å². The van der Waals surface area contributed by atoms with Crippen LogP contribution in [-0.2, 0) is 26.1 Å². The van der Waals surface area contributed by atoms with E-state index in [1.807, 2.05) is 30.3 Å². The highest BCUT2D eigenvalue weighted by atomic mass is 32.2. The molecule has 0 aliphatic heterocycles. The van der Waals surface area contributed by atoms with Crippen LogP contribution < -0.4 is 10.0 Å². The lowest BCUT2D eigenvalue weighted by Gasteiger charge is -2.25. The van der Waals surface area contributed by atoms with Crippen LogP contribution in [0.1, 0.15) is 22.8 Å². The highest BCUT2D eigenvalue weighted by Gasteiger charge is 2.26. The Morgan fingerprint density at radius 3 is 2.16 bits per heavy atom. The Morgan fingerprint density at radius 1 is 0.935 bits per heavy atom. The summed E-state index contributed by atoms with van der Waals surface area (Å²) in [6, 6.07) is 23.4. The number of rotatable bonds is 8. The largest absolute Gasteiger partial charge is 0.449 e. The quantitative estimate of drug-likeness (QED) is 0.544. The Morgan fingerprint density at radius 2 is 1.55 bits per heavy atom. The summed E-state index contributed by atoms with van der Waals surface area (Å²) in [5.41, 5.74) is 6.42. The topological polar surface area (TPSA) is 107 Å². The number of hydrogen-bond acceptors (Lipinski definition) is 5. The van der Waals surface area contributed by atoms with Crippen molar-refractivity contribution >= 4 is 27.6 Å². The summed E-state index contributed by atoms with van der Waals surface area (Å²) in [6.07, 6.45) is -1.13. The van der Waals surface area contributed by atoms with E-state index in [1.165, 1.54) is 35.5 Å². The molecule has 160 valence electrons. The monoisotopic (exact) mass is 438 g/mol. The number of hydrogen-bond donors (Lipinski definition) is 1. The normalized spacial score (nSPS) is 12.0. The molecule has 8 heteroatoms. The van der Waals surface area contributed by atoms with Crippen LogP contribution in [0.5, 0.6) is 0 Å². The van der Waals surface area contributed by atoms with Crippen LogP contribution in [0.15, 0.2) is 89.8 Å². The second kappa shape index (κ2) is 9.44. The molecule has 0 saturated carbocycles. The molecule has 0 aromatic heterocycles. The third-order valence-electron chi connectivity index (χ3n) is 4.56. The van der Waals surface area contributed by atoms with Gasteiger partial charge in [-0.1, -0.05) is 54.6 Å². The summed E-state index contributed by atoms with van der Waals surface area (Å²) in [5.74, 6) is -1.63. The number of amides is 1. The number of carbonyl (C=O) groups excluding carboxylic acids is 2. The third-order valence-corrected chi connectivity index (χ3v) is 6.33. The second-order valence-corrected chi connectivity index (χ2v) is 8.67. The average Bonchev–Trinajstić information content (AvgIpc) is 2.78. The summed E-state index contributed by atoms with van der Waals surface area (Å²) in [7, 11) is -4.02. The lowest BCUT2D eigenvalue weighted by atomic mass is 10.2. The smallest absolute Gasteiger partial charge is 0.338 e. The number of sulfonamides is 1. The highest BCUT2D eigenvalue weighted by Crippen LogP contribution is 2.26. The van der Waals surface area contributed by atoms with Crippen molar-refractivity contribution in [2.45, 2.75) is 24.5 Å². The van der Waals surface area contributed by atoms with Crippen molar-refractivity contribution in [2.24, 2.45) is 5.73 Å². The Hall–Kier alpha value is -3.65. The molecule has 0 fully saturated rings. The molecule has 2 N–H and O–H groups in total. The molecule has 31 heavy (non-hydrogen) atoms. The molecule has 0 radical (unpaired) electrons. The number of carbonyl (C=O) groups is 2. The number of anilines is 1. The van der Waals surface area contributed by atoms with E-state index < -0.39 is 28.0 Å². The predicted octanol–water partition coefficient (Wildman–Crippen LogP) is 3.11. The van der Waals surface area contributed by atoms with Gasteiger partial charge in [0.15, 0.2) is 6.10 Å². The fourth-order valence-corrected chi connectivity index (χ4v) is 4.36. The predicted molar refractivity (Wildman–Crippen MR) is 117 cm³/mol. The second-order valence-electron chi connectivity index (χ2n) is 6.81. The van der Waals surface area contributed by atoms with E-state index in [2.05, 4.69) is 0 Å². The zero-order valence-electron chi connectivity index (χ0n) is 16.8. The van der Waals surface area contributed by atoms with E-state index >= 15 is 0 Å². The van der Waals surface area contributed by atoms with Gasteiger partial charge in [-0.25, -0.2) is 13.2 Å². The van der Waals surface area contributed by atoms with Gasteiger partial charge < -0.3 is 10.5 Å². The van der Waals surface area contributed by atoms with E-state index in [1.54, 1.807) is 30.3 Å². The first-order chi connectivity index (χ1) is 14.8. The maximum atomic E-state index is 13.5. The lowest BCUT2D eigenvalue weighted by Crippen LogP contribution is -2.31. The molecule has 1 atom stereocenters. The molecule has 0 aliphatic rings. The Kier molecular flexibility index (Phi) is 6.71. The van der Waals surface area contributed by atoms with E-state index in [0.29, 0.717) is 5.69 Å². The number of nitrogens with zero attached hydrogens (tertiary/aromatic N) is 1. The molecule has 0 aliphatic carbocycles. The minimum atomic E-state index is -4.02. The van der Waals surface area contributed by atoms with Gasteiger partial charge in [0, 0.05) is 0 Å². The molecule has 0 heterocycles. The number of benzene rings is 3. The van der Waals surface area contributed by atoms with E-state index in [-0.39, 0.29) is 17.0 Å². The number of ether oxygens (including phenoxy) is 1.